The molecule has 2 amide bonds. The minimum Gasteiger partial charge on any atom is -0.442 e. The first kappa shape index (κ1) is 22.7. The van der Waals surface area contributed by atoms with E-state index in [9.17, 15) is 18.4 Å². The van der Waals surface area contributed by atoms with Crippen molar-refractivity contribution in [3.63, 3.8) is 0 Å². The van der Waals surface area contributed by atoms with Crippen molar-refractivity contribution in [2.75, 3.05) is 18.0 Å². The predicted octanol–water partition coefficient (Wildman–Crippen LogP) is 3.23. The molecule has 0 aliphatic carbocycles. The monoisotopic (exact) mass is 473 g/mol. The van der Waals surface area contributed by atoms with Gasteiger partial charge in [0.15, 0.2) is 0 Å². The maximum absolute atomic E-state index is 14.9. The zero-order chi connectivity index (χ0) is 23.4. The van der Waals surface area contributed by atoms with Gasteiger partial charge in [-0.25, -0.2) is 13.6 Å². The normalized spacial score (nSPS) is 15.5. The van der Waals surface area contributed by atoms with Gasteiger partial charge in [0.25, 0.3) is 0 Å². The summed E-state index contributed by atoms with van der Waals surface area (Å²) in [7, 11) is 0. The number of hydrogen-bond donors (Lipinski definition) is 2. The predicted molar refractivity (Wildman–Crippen MR) is 119 cm³/mol. The van der Waals surface area contributed by atoms with E-state index in [0.29, 0.717) is 29.9 Å². The molecule has 1 aliphatic rings. The average molecular weight is 474 g/mol. The molecule has 0 radical (unpaired) electrons. The molecule has 0 unspecified atom stereocenters. The maximum atomic E-state index is 14.9. The van der Waals surface area contributed by atoms with Crippen LogP contribution in [0, 0.1) is 11.6 Å². The maximum Gasteiger partial charge on any atom is 0.414 e. The molecule has 0 saturated carbocycles. The topological polar surface area (TPSA) is 96.5 Å². The number of halogens is 2. The number of carbonyl (C=O) groups is 2. The summed E-state index contributed by atoms with van der Waals surface area (Å²) in [5.74, 6) is -1.28. The lowest BCUT2D eigenvalue weighted by Crippen LogP contribution is -2.33. The third kappa shape index (κ3) is 5.49. The lowest BCUT2D eigenvalue weighted by atomic mass is 10.0. The largest absolute Gasteiger partial charge is 0.442 e. The molecular weight excluding hydrogens is 452 g/mol. The summed E-state index contributed by atoms with van der Waals surface area (Å²) in [6.45, 7) is 2.50. The van der Waals surface area contributed by atoms with Crippen LogP contribution in [0.5, 0.6) is 0 Å². The van der Waals surface area contributed by atoms with E-state index >= 15 is 0 Å². The van der Waals surface area contributed by atoms with Crippen molar-refractivity contribution in [3.05, 3.63) is 64.7 Å². The lowest BCUT2D eigenvalue weighted by molar-refractivity contribution is -0.119. The van der Waals surface area contributed by atoms with Gasteiger partial charge in [-0.1, -0.05) is 16.6 Å². The number of cyclic esters (lactones) is 1. The van der Waals surface area contributed by atoms with E-state index in [0.717, 1.165) is 5.69 Å². The number of anilines is 1. The fraction of sp³-hybridized carbons (Fsp3) is 0.273. The molecule has 3 aromatic rings. The highest BCUT2D eigenvalue weighted by molar-refractivity contribution is 7.03. The van der Waals surface area contributed by atoms with Crippen molar-refractivity contribution in [2.24, 2.45) is 0 Å². The van der Waals surface area contributed by atoms with Crippen molar-refractivity contribution < 1.29 is 23.1 Å². The second-order valence-electron chi connectivity index (χ2n) is 7.52. The molecule has 1 fully saturated rings. The number of ether oxygens (including phenoxy) is 1. The number of aromatic nitrogens is 2. The molecule has 1 atom stereocenters. The Morgan fingerprint density at radius 1 is 1.21 bits per heavy atom. The van der Waals surface area contributed by atoms with Crippen LogP contribution >= 0.6 is 11.5 Å². The molecule has 2 heterocycles. The first-order chi connectivity index (χ1) is 15.9. The number of nitrogens with one attached hydrogen (secondary N) is 2. The van der Waals surface area contributed by atoms with Crippen LogP contribution in [-0.2, 0) is 22.6 Å². The standard InChI is InChI=1S/C22H21F2N5O3S/c1-13(30)26-10-18-11-29(22(31)32-18)17-4-5-19(21(24)7-17)14-2-3-15(20(23)6-14)8-25-9-16-12-33-28-27-16/h2-7,12,18,25H,8-11H2,1H3,(H,26,30)/t18-/m0/s1. The van der Waals surface area contributed by atoms with Gasteiger partial charge in [-0.05, 0) is 41.4 Å². The molecule has 2 aromatic carbocycles. The Kier molecular flexibility index (Phi) is 6.90. The number of carbonyl (C=O) groups excluding carboxylic acids is 2. The molecule has 1 aromatic heterocycles. The molecule has 11 heteroatoms. The zero-order valence-electron chi connectivity index (χ0n) is 17.7. The molecule has 4 rings (SSSR count). The summed E-state index contributed by atoms with van der Waals surface area (Å²) < 4.78 is 38.4. The molecule has 172 valence electrons. The average Bonchev–Trinajstić information content (AvgIpc) is 3.43. The highest BCUT2D eigenvalue weighted by Gasteiger charge is 2.32. The second-order valence-corrected chi connectivity index (χ2v) is 8.13. The highest BCUT2D eigenvalue weighted by atomic mass is 32.1. The van der Waals surface area contributed by atoms with Crippen molar-refractivity contribution >= 4 is 29.2 Å². The smallest absolute Gasteiger partial charge is 0.414 e. The van der Waals surface area contributed by atoms with E-state index < -0.39 is 23.8 Å². The zero-order valence-corrected chi connectivity index (χ0v) is 18.5. The summed E-state index contributed by atoms with van der Waals surface area (Å²) in [4.78, 5) is 24.5. The van der Waals surface area contributed by atoms with Gasteiger partial charge in [-0.15, -0.1) is 5.10 Å². The van der Waals surface area contributed by atoms with Gasteiger partial charge in [0.05, 0.1) is 24.5 Å². The Morgan fingerprint density at radius 3 is 2.76 bits per heavy atom. The molecule has 33 heavy (non-hydrogen) atoms. The number of hydrogen-bond acceptors (Lipinski definition) is 7. The summed E-state index contributed by atoms with van der Waals surface area (Å²) >= 11 is 1.25. The number of benzene rings is 2. The van der Waals surface area contributed by atoms with Gasteiger partial charge < -0.3 is 15.4 Å². The van der Waals surface area contributed by atoms with Crippen LogP contribution < -0.4 is 15.5 Å². The van der Waals surface area contributed by atoms with Crippen LogP contribution in [-0.4, -0.2) is 40.8 Å². The van der Waals surface area contributed by atoms with Gasteiger partial charge in [0, 0.05) is 36.5 Å². The van der Waals surface area contributed by atoms with Crippen LogP contribution in [0.2, 0.25) is 0 Å². The van der Waals surface area contributed by atoms with Crippen molar-refractivity contribution in [1.82, 2.24) is 20.2 Å². The molecule has 1 saturated heterocycles. The van der Waals surface area contributed by atoms with Crippen LogP contribution in [0.1, 0.15) is 18.2 Å². The highest BCUT2D eigenvalue weighted by Crippen LogP contribution is 2.30. The third-order valence-electron chi connectivity index (χ3n) is 5.11. The lowest BCUT2D eigenvalue weighted by Gasteiger charge is -2.15. The quantitative estimate of drug-likeness (QED) is 0.522. The Hall–Kier alpha value is -3.44. The number of amides is 2. The molecule has 0 spiro atoms. The first-order valence-corrected chi connectivity index (χ1v) is 11.0. The van der Waals surface area contributed by atoms with Crippen LogP contribution in [0.3, 0.4) is 0 Å². The second kappa shape index (κ2) is 10.0. The summed E-state index contributed by atoms with van der Waals surface area (Å²) in [6.07, 6.45) is -1.14. The molecule has 2 N–H and O–H groups in total. The van der Waals surface area contributed by atoms with E-state index in [1.807, 2.05) is 5.38 Å². The fourth-order valence-electron chi connectivity index (χ4n) is 3.45. The number of nitrogens with zero attached hydrogens (tertiary/aromatic N) is 3. The Morgan fingerprint density at radius 2 is 2.06 bits per heavy atom. The molecule has 8 nitrogen and oxygen atoms in total. The van der Waals surface area contributed by atoms with Crippen LogP contribution in [0.25, 0.3) is 11.1 Å². The van der Waals surface area contributed by atoms with Crippen molar-refractivity contribution in [2.45, 2.75) is 26.1 Å². The van der Waals surface area contributed by atoms with E-state index in [2.05, 4.69) is 20.2 Å². The van der Waals surface area contributed by atoms with Gasteiger partial charge in [-0.3, -0.25) is 9.69 Å². The molecule has 1 aliphatic heterocycles. The Balaban J connectivity index is 1.43. The third-order valence-corrected chi connectivity index (χ3v) is 5.66. The van der Waals surface area contributed by atoms with E-state index in [1.54, 1.807) is 18.2 Å². The van der Waals surface area contributed by atoms with Gasteiger partial charge in [-0.2, -0.15) is 0 Å². The minimum absolute atomic E-state index is 0.180. The van der Waals surface area contributed by atoms with E-state index in [1.165, 1.54) is 41.6 Å². The van der Waals surface area contributed by atoms with Crippen LogP contribution in [0.15, 0.2) is 41.8 Å². The summed E-state index contributed by atoms with van der Waals surface area (Å²) in [6, 6.07) is 8.83. The molecule has 0 bridgehead atoms. The van der Waals surface area contributed by atoms with E-state index in [-0.39, 0.29) is 24.6 Å². The summed E-state index contributed by atoms with van der Waals surface area (Å²) in [5, 5.41) is 11.4. The summed E-state index contributed by atoms with van der Waals surface area (Å²) in [5.41, 5.74) is 2.15. The Bertz CT molecular complexity index is 1160. The van der Waals surface area contributed by atoms with Crippen LogP contribution in [0.4, 0.5) is 19.3 Å². The SMILES string of the molecule is CC(=O)NC[C@H]1CN(c2ccc(-c3ccc(CNCc4csnn4)c(F)c3)c(F)c2)C(=O)O1. The first-order valence-electron chi connectivity index (χ1n) is 10.2. The number of rotatable bonds is 8. The van der Waals surface area contributed by atoms with Crippen molar-refractivity contribution in [1.29, 1.82) is 0 Å². The minimum atomic E-state index is -0.617. The van der Waals surface area contributed by atoms with Gasteiger partial charge >= 0.3 is 6.09 Å². The fourth-order valence-corrected chi connectivity index (χ4v) is 3.90. The van der Waals surface area contributed by atoms with Crippen molar-refractivity contribution in [3.8, 4) is 11.1 Å². The molecular formula is C22H21F2N5O3S. The Labute approximate surface area is 192 Å². The van der Waals surface area contributed by atoms with Gasteiger partial charge in [0.2, 0.25) is 5.91 Å². The van der Waals surface area contributed by atoms with E-state index in [4.69, 9.17) is 4.74 Å². The van der Waals surface area contributed by atoms with Gasteiger partial charge in [0.1, 0.15) is 17.7 Å².